The number of hydrogen-bond donors (Lipinski definition) is 1. The van der Waals surface area contributed by atoms with Crippen molar-refractivity contribution in [3.05, 3.63) is 59.7 Å². The van der Waals surface area contributed by atoms with E-state index in [0.29, 0.717) is 5.75 Å². The van der Waals surface area contributed by atoms with Gasteiger partial charge >= 0.3 is 0 Å². The number of benzene rings is 2. The molecule has 0 atom stereocenters. The first-order valence-electron chi connectivity index (χ1n) is 6.11. The minimum absolute atomic E-state index is 0.0147. The van der Waals surface area contributed by atoms with Crippen LogP contribution in [0.2, 0.25) is 0 Å². The van der Waals surface area contributed by atoms with E-state index in [1.54, 1.807) is 12.1 Å². The highest BCUT2D eigenvalue weighted by Crippen LogP contribution is 2.25. The minimum Gasteiger partial charge on any atom is -0.454 e. The zero-order valence-corrected chi connectivity index (χ0v) is 10.6. The molecule has 0 aliphatic heterocycles. The van der Waals surface area contributed by atoms with Gasteiger partial charge in [-0.25, -0.2) is 8.78 Å². The SMILES string of the molecule is CCNCc1ccc(Oc2ccc(F)cc2F)cc1. The highest BCUT2D eigenvalue weighted by Gasteiger charge is 2.06. The Morgan fingerprint density at radius 2 is 1.79 bits per heavy atom. The van der Waals surface area contributed by atoms with Crippen LogP contribution in [-0.4, -0.2) is 6.54 Å². The molecule has 0 aliphatic rings. The molecule has 0 spiro atoms. The monoisotopic (exact) mass is 263 g/mol. The van der Waals surface area contributed by atoms with Gasteiger partial charge in [-0.05, 0) is 36.4 Å². The molecule has 0 aromatic heterocycles. The molecule has 0 fully saturated rings. The highest BCUT2D eigenvalue weighted by molar-refractivity contribution is 5.34. The van der Waals surface area contributed by atoms with Crippen LogP contribution in [0.1, 0.15) is 12.5 Å². The summed E-state index contributed by atoms with van der Waals surface area (Å²) in [7, 11) is 0. The lowest BCUT2D eigenvalue weighted by Crippen LogP contribution is -2.11. The Hall–Kier alpha value is -1.94. The fourth-order valence-electron chi connectivity index (χ4n) is 1.63. The van der Waals surface area contributed by atoms with Gasteiger partial charge in [-0.2, -0.15) is 0 Å². The lowest BCUT2D eigenvalue weighted by molar-refractivity contribution is 0.437. The average molecular weight is 263 g/mol. The van der Waals surface area contributed by atoms with E-state index in [-0.39, 0.29) is 5.75 Å². The predicted molar refractivity (Wildman–Crippen MR) is 70.3 cm³/mol. The van der Waals surface area contributed by atoms with Gasteiger partial charge in [-0.15, -0.1) is 0 Å². The van der Waals surface area contributed by atoms with Crippen LogP contribution in [0.3, 0.4) is 0 Å². The van der Waals surface area contributed by atoms with Crippen LogP contribution in [0.4, 0.5) is 8.78 Å². The van der Waals surface area contributed by atoms with Gasteiger partial charge in [0.25, 0.3) is 0 Å². The Balaban J connectivity index is 2.06. The summed E-state index contributed by atoms with van der Waals surface area (Å²) < 4.78 is 31.5. The largest absolute Gasteiger partial charge is 0.454 e. The number of hydrogen-bond acceptors (Lipinski definition) is 2. The Kier molecular flexibility index (Phi) is 4.47. The Morgan fingerprint density at radius 3 is 2.42 bits per heavy atom. The van der Waals surface area contributed by atoms with Gasteiger partial charge in [0.15, 0.2) is 11.6 Å². The molecule has 100 valence electrons. The van der Waals surface area contributed by atoms with Crippen LogP contribution in [0.15, 0.2) is 42.5 Å². The molecule has 1 N–H and O–H groups in total. The van der Waals surface area contributed by atoms with Crippen LogP contribution in [0.25, 0.3) is 0 Å². The standard InChI is InChI=1S/C15H15F2NO/c1-2-18-10-11-3-6-13(7-4-11)19-15-8-5-12(16)9-14(15)17/h3-9,18H,2,10H2,1H3. The lowest BCUT2D eigenvalue weighted by Gasteiger charge is -2.08. The lowest BCUT2D eigenvalue weighted by atomic mass is 10.2. The third-order valence-electron chi connectivity index (χ3n) is 2.62. The van der Waals surface area contributed by atoms with Gasteiger partial charge in [0.1, 0.15) is 11.6 Å². The van der Waals surface area contributed by atoms with Crippen LogP contribution < -0.4 is 10.1 Å². The maximum Gasteiger partial charge on any atom is 0.168 e. The van der Waals surface area contributed by atoms with E-state index in [9.17, 15) is 8.78 Å². The molecule has 0 aliphatic carbocycles. The second kappa shape index (κ2) is 6.29. The van der Waals surface area contributed by atoms with Crippen molar-refractivity contribution in [2.75, 3.05) is 6.54 Å². The Labute approximate surface area is 111 Å². The van der Waals surface area contributed by atoms with Crippen LogP contribution >= 0.6 is 0 Å². The summed E-state index contributed by atoms with van der Waals surface area (Å²) in [4.78, 5) is 0. The average Bonchev–Trinajstić information content (AvgIpc) is 2.41. The van der Waals surface area contributed by atoms with E-state index < -0.39 is 11.6 Å². The molecular formula is C15H15F2NO. The molecule has 0 bridgehead atoms. The maximum atomic E-state index is 13.4. The van der Waals surface area contributed by atoms with E-state index >= 15 is 0 Å². The molecule has 2 aromatic rings. The molecule has 2 aromatic carbocycles. The second-order valence-electron chi connectivity index (χ2n) is 4.10. The summed E-state index contributed by atoms with van der Waals surface area (Å²) in [6.45, 7) is 3.72. The van der Waals surface area contributed by atoms with Crippen molar-refractivity contribution in [3.63, 3.8) is 0 Å². The Morgan fingerprint density at radius 1 is 1.05 bits per heavy atom. The van der Waals surface area contributed by atoms with E-state index in [1.165, 1.54) is 6.07 Å². The molecule has 0 saturated heterocycles. The fourth-order valence-corrected chi connectivity index (χ4v) is 1.63. The quantitative estimate of drug-likeness (QED) is 0.884. The molecule has 2 nitrogen and oxygen atoms in total. The number of rotatable bonds is 5. The van der Waals surface area contributed by atoms with E-state index in [0.717, 1.165) is 30.8 Å². The first-order valence-corrected chi connectivity index (χ1v) is 6.11. The zero-order valence-electron chi connectivity index (χ0n) is 10.6. The van der Waals surface area contributed by atoms with Gasteiger partial charge in [0, 0.05) is 12.6 Å². The first-order chi connectivity index (χ1) is 9.19. The van der Waals surface area contributed by atoms with Crippen molar-refractivity contribution in [1.29, 1.82) is 0 Å². The minimum atomic E-state index is -0.711. The third-order valence-corrected chi connectivity index (χ3v) is 2.62. The molecule has 0 saturated carbocycles. The van der Waals surface area contributed by atoms with Gasteiger partial charge < -0.3 is 10.1 Å². The van der Waals surface area contributed by atoms with Crippen molar-refractivity contribution in [1.82, 2.24) is 5.32 Å². The number of halogens is 2. The predicted octanol–water partition coefficient (Wildman–Crippen LogP) is 3.87. The second-order valence-corrected chi connectivity index (χ2v) is 4.10. The fraction of sp³-hybridized carbons (Fsp3) is 0.200. The summed E-state index contributed by atoms with van der Waals surface area (Å²) in [6, 6.07) is 10.6. The van der Waals surface area contributed by atoms with Crippen molar-refractivity contribution in [2.24, 2.45) is 0 Å². The van der Waals surface area contributed by atoms with Crippen LogP contribution in [0, 0.1) is 11.6 Å². The molecule has 19 heavy (non-hydrogen) atoms. The molecule has 0 heterocycles. The van der Waals surface area contributed by atoms with Gasteiger partial charge in [0.05, 0.1) is 0 Å². The van der Waals surface area contributed by atoms with Gasteiger partial charge in [0.2, 0.25) is 0 Å². The Bertz CT molecular complexity index is 540. The van der Waals surface area contributed by atoms with Crippen molar-refractivity contribution in [2.45, 2.75) is 13.5 Å². The highest BCUT2D eigenvalue weighted by atomic mass is 19.1. The van der Waals surface area contributed by atoms with E-state index in [2.05, 4.69) is 5.32 Å². The van der Waals surface area contributed by atoms with Gasteiger partial charge in [-0.3, -0.25) is 0 Å². The van der Waals surface area contributed by atoms with Crippen LogP contribution in [-0.2, 0) is 6.54 Å². The summed E-state index contributed by atoms with van der Waals surface area (Å²) >= 11 is 0. The van der Waals surface area contributed by atoms with E-state index in [1.807, 2.05) is 19.1 Å². The van der Waals surface area contributed by atoms with Crippen molar-refractivity contribution in [3.8, 4) is 11.5 Å². The smallest absolute Gasteiger partial charge is 0.168 e. The summed E-state index contributed by atoms with van der Waals surface area (Å²) in [5.41, 5.74) is 1.12. The molecule has 0 radical (unpaired) electrons. The molecule has 4 heteroatoms. The van der Waals surface area contributed by atoms with E-state index in [4.69, 9.17) is 4.74 Å². The molecule has 0 amide bonds. The van der Waals surface area contributed by atoms with Crippen LogP contribution in [0.5, 0.6) is 11.5 Å². The topological polar surface area (TPSA) is 21.3 Å². The summed E-state index contributed by atoms with van der Waals surface area (Å²) in [6.07, 6.45) is 0. The number of nitrogens with one attached hydrogen (secondary N) is 1. The third kappa shape index (κ3) is 3.76. The molecular weight excluding hydrogens is 248 g/mol. The summed E-state index contributed by atoms with van der Waals surface area (Å²) in [5, 5.41) is 3.21. The molecule has 0 unspecified atom stereocenters. The first kappa shape index (κ1) is 13.5. The maximum absolute atomic E-state index is 13.4. The summed E-state index contributed by atoms with van der Waals surface area (Å²) in [5.74, 6) is -0.797. The number of ether oxygens (including phenoxy) is 1. The zero-order chi connectivity index (χ0) is 13.7. The normalized spacial score (nSPS) is 10.5. The molecule has 2 rings (SSSR count). The van der Waals surface area contributed by atoms with Crippen molar-refractivity contribution >= 4 is 0 Å². The van der Waals surface area contributed by atoms with Gasteiger partial charge in [-0.1, -0.05) is 19.1 Å². The van der Waals surface area contributed by atoms with Crippen molar-refractivity contribution < 1.29 is 13.5 Å².